The first-order chi connectivity index (χ1) is 16.1. The highest BCUT2D eigenvalue weighted by Crippen LogP contribution is 2.31. The molecule has 1 aliphatic carbocycles. The van der Waals surface area contributed by atoms with Crippen LogP contribution in [-0.2, 0) is 10.2 Å². The lowest BCUT2D eigenvalue weighted by molar-refractivity contribution is 0.213. The van der Waals surface area contributed by atoms with Gasteiger partial charge in [0.05, 0.1) is 4.70 Å². The van der Waals surface area contributed by atoms with Crippen LogP contribution in [0.1, 0.15) is 51.4 Å². The number of hydrogen-bond donors (Lipinski definition) is 1. The summed E-state index contributed by atoms with van der Waals surface area (Å²) in [5.74, 6) is 1.88. The largest absolute Gasteiger partial charge is 0.353 e. The monoisotopic (exact) mass is 491 g/mol. The average molecular weight is 492 g/mol. The summed E-state index contributed by atoms with van der Waals surface area (Å²) in [6, 6.07) is 8.64. The molecule has 5 rings (SSSR count). The van der Waals surface area contributed by atoms with Crippen LogP contribution in [0.2, 0.25) is 0 Å². The fourth-order valence-electron chi connectivity index (χ4n) is 5.61. The maximum atomic E-state index is 12.7. The number of rotatable bonds is 7. The third-order valence-electron chi connectivity index (χ3n) is 7.70. The standard InChI is InChI=1S/C24H37N5O2S2/c30-33(31,29-13-4-1-5-14-29)26-21-10-8-20(9-11-21)12-15-27-16-18-28(19-17-27)24-22-6-2-3-7-23(22)32-25-24/h2-3,6-7,20-21,26H,1,4-5,8-19H2/t20-,21-. The number of benzene rings is 1. The van der Waals surface area contributed by atoms with Gasteiger partial charge >= 0.3 is 0 Å². The number of aromatic nitrogens is 1. The van der Waals surface area contributed by atoms with Crippen LogP contribution >= 0.6 is 11.5 Å². The third-order valence-corrected chi connectivity index (χ3v) is 10.2. The molecule has 0 bridgehead atoms. The SMILES string of the molecule is O=S(=O)(N[C@H]1CC[C@H](CCN2CCN(c3nsc4ccccc34)CC2)CC1)N1CCCCC1. The molecule has 2 saturated heterocycles. The Morgan fingerprint density at radius 2 is 1.67 bits per heavy atom. The van der Waals surface area contributed by atoms with E-state index in [4.69, 9.17) is 4.37 Å². The van der Waals surface area contributed by atoms with Gasteiger partial charge in [-0.3, -0.25) is 4.90 Å². The summed E-state index contributed by atoms with van der Waals surface area (Å²) in [7, 11) is -3.30. The molecule has 0 spiro atoms. The maximum absolute atomic E-state index is 12.7. The number of piperazine rings is 1. The lowest BCUT2D eigenvalue weighted by Crippen LogP contribution is -2.48. The van der Waals surface area contributed by atoms with Crippen molar-refractivity contribution in [2.45, 2.75) is 57.4 Å². The van der Waals surface area contributed by atoms with Crippen LogP contribution in [0.25, 0.3) is 10.1 Å². The molecule has 33 heavy (non-hydrogen) atoms. The van der Waals surface area contributed by atoms with Crippen molar-refractivity contribution in [3.8, 4) is 0 Å². The molecule has 0 atom stereocenters. The Morgan fingerprint density at radius 1 is 0.939 bits per heavy atom. The fraction of sp³-hybridized carbons (Fsp3) is 0.708. The van der Waals surface area contributed by atoms with E-state index in [0.29, 0.717) is 13.1 Å². The van der Waals surface area contributed by atoms with Gasteiger partial charge in [-0.2, -0.15) is 21.8 Å². The molecular weight excluding hydrogens is 454 g/mol. The minimum atomic E-state index is -3.30. The summed E-state index contributed by atoms with van der Waals surface area (Å²) in [6.45, 7) is 6.78. The number of piperidine rings is 1. The van der Waals surface area contributed by atoms with Gasteiger partial charge < -0.3 is 4.90 Å². The quantitative estimate of drug-likeness (QED) is 0.640. The first-order valence-electron chi connectivity index (χ1n) is 12.7. The van der Waals surface area contributed by atoms with Gasteiger partial charge in [-0.15, -0.1) is 0 Å². The third kappa shape index (κ3) is 5.70. The number of hydrogen-bond acceptors (Lipinski definition) is 6. The van der Waals surface area contributed by atoms with E-state index in [1.165, 1.54) is 16.5 Å². The van der Waals surface area contributed by atoms with Crippen LogP contribution in [-0.4, -0.2) is 73.9 Å². The van der Waals surface area contributed by atoms with Gasteiger partial charge in [0.1, 0.15) is 5.82 Å². The first kappa shape index (κ1) is 23.5. The molecule has 1 saturated carbocycles. The van der Waals surface area contributed by atoms with E-state index in [0.717, 1.165) is 89.4 Å². The van der Waals surface area contributed by atoms with Gasteiger partial charge in [0.2, 0.25) is 0 Å². The number of fused-ring (bicyclic) bond motifs is 1. The van der Waals surface area contributed by atoms with Gasteiger partial charge in [-0.05, 0) is 81.1 Å². The van der Waals surface area contributed by atoms with Crippen molar-refractivity contribution in [1.29, 1.82) is 0 Å². The molecule has 2 aliphatic heterocycles. The summed E-state index contributed by atoms with van der Waals surface area (Å²) in [5, 5.41) is 1.28. The summed E-state index contributed by atoms with van der Waals surface area (Å²) in [5.41, 5.74) is 0. The van der Waals surface area contributed by atoms with E-state index in [1.807, 2.05) is 0 Å². The van der Waals surface area contributed by atoms with E-state index in [1.54, 1.807) is 15.8 Å². The van der Waals surface area contributed by atoms with Crippen LogP contribution in [0.5, 0.6) is 0 Å². The molecule has 3 aliphatic rings. The first-order valence-corrected chi connectivity index (χ1v) is 14.9. The lowest BCUT2D eigenvalue weighted by Gasteiger charge is -2.36. The van der Waals surface area contributed by atoms with Gasteiger partial charge in [-0.1, -0.05) is 18.6 Å². The maximum Gasteiger partial charge on any atom is 0.279 e. The molecule has 182 valence electrons. The Labute approximate surface area is 202 Å². The predicted octanol–water partition coefficient (Wildman–Crippen LogP) is 3.69. The second-order valence-electron chi connectivity index (χ2n) is 9.92. The van der Waals surface area contributed by atoms with Crippen LogP contribution in [0, 0.1) is 5.92 Å². The van der Waals surface area contributed by atoms with Gasteiger partial charge in [0.15, 0.2) is 0 Å². The van der Waals surface area contributed by atoms with Crippen molar-refractivity contribution >= 4 is 37.6 Å². The molecule has 0 unspecified atom stereocenters. The molecular formula is C24H37N5O2S2. The van der Waals surface area contributed by atoms with E-state index in [9.17, 15) is 8.42 Å². The Morgan fingerprint density at radius 3 is 2.42 bits per heavy atom. The fourth-order valence-corrected chi connectivity index (χ4v) is 7.95. The van der Waals surface area contributed by atoms with E-state index < -0.39 is 10.2 Å². The Kier molecular flexibility index (Phi) is 7.51. The molecule has 0 amide bonds. The molecule has 1 aromatic heterocycles. The summed E-state index contributed by atoms with van der Waals surface area (Å²) in [6.07, 6.45) is 8.57. The van der Waals surface area contributed by atoms with Crippen molar-refractivity contribution in [1.82, 2.24) is 18.3 Å². The van der Waals surface area contributed by atoms with Crippen LogP contribution < -0.4 is 9.62 Å². The molecule has 1 N–H and O–H groups in total. The van der Waals surface area contributed by atoms with Gasteiger partial charge in [0.25, 0.3) is 10.2 Å². The highest BCUT2D eigenvalue weighted by molar-refractivity contribution is 7.87. The average Bonchev–Trinajstić information content (AvgIpc) is 3.29. The van der Waals surface area contributed by atoms with Crippen LogP contribution in [0.3, 0.4) is 0 Å². The zero-order valence-corrected chi connectivity index (χ0v) is 21.1. The summed E-state index contributed by atoms with van der Waals surface area (Å²) < 4.78 is 35.9. The minimum absolute atomic E-state index is 0.115. The van der Waals surface area contributed by atoms with Crippen LogP contribution in [0.4, 0.5) is 5.82 Å². The highest BCUT2D eigenvalue weighted by Gasteiger charge is 2.30. The topological polar surface area (TPSA) is 68.8 Å². The van der Waals surface area contributed by atoms with E-state index >= 15 is 0 Å². The van der Waals surface area contributed by atoms with Crippen LogP contribution in [0.15, 0.2) is 24.3 Å². The predicted molar refractivity (Wildman–Crippen MR) is 136 cm³/mol. The Hall–Kier alpha value is -1.26. The smallest absolute Gasteiger partial charge is 0.279 e. The molecule has 9 heteroatoms. The Bertz CT molecular complexity index is 1000. The molecule has 0 radical (unpaired) electrons. The molecule has 3 fully saturated rings. The zero-order valence-electron chi connectivity index (χ0n) is 19.5. The number of nitrogens with zero attached hydrogens (tertiary/aromatic N) is 4. The van der Waals surface area contributed by atoms with Crippen molar-refractivity contribution in [3.63, 3.8) is 0 Å². The lowest BCUT2D eigenvalue weighted by atomic mass is 9.84. The highest BCUT2D eigenvalue weighted by atomic mass is 32.2. The van der Waals surface area contributed by atoms with Crippen molar-refractivity contribution in [2.75, 3.05) is 50.7 Å². The van der Waals surface area contributed by atoms with Gasteiger partial charge in [-0.25, -0.2) is 0 Å². The van der Waals surface area contributed by atoms with Gasteiger partial charge in [0, 0.05) is 50.7 Å². The van der Waals surface area contributed by atoms with Crippen molar-refractivity contribution in [3.05, 3.63) is 24.3 Å². The summed E-state index contributed by atoms with van der Waals surface area (Å²) >= 11 is 1.60. The number of nitrogens with one attached hydrogen (secondary N) is 1. The van der Waals surface area contributed by atoms with Crippen molar-refractivity contribution in [2.24, 2.45) is 5.92 Å². The molecule has 3 heterocycles. The number of anilines is 1. The molecule has 1 aromatic carbocycles. The van der Waals surface area contributed by atoms with Crippen molar-refractivity contribution < 1.29 is 8.42 Å². The minimum Gasteiger partial charge on any atom is -0.353 e. The normalized spacial score (nSPS) is 26.1. The second kappa shape index (κ2) is 10.6. The molecule has 7 nitrogen and oxygen atoms in total. The summed E-state index contributed by atoms with van der Waals surface area (Å²) in [4.78, 5) is 5.03. The van der Waals surface area contributed by atoms with E-state index in [-0.39, 0.29) is 6.04 Å². The Balaban J connectivity index is 1.02. The van der Waals surface area contributed by atoms with E-state index in [2.05, 4.69) is 38.8 Å². The zero-order chi connectivity index (χ0) is 22.7. The molecule has 2 aromatic rings. The second-order valence-corrected chi connectivity index (χ2v) is 12.4.